The average Bonchev–Trinajstić information content (AvgIpc) is 3.44. The van der Waals surface area contributed by atoms with Gasteiger partial charge in [-0.1, -0.05) is 36.4 Å². The Bertz CT molecular complexity index is 1600. The Hall–Kier alpha value is -3.61. The van der Waals surface area contributed by atoms with Crippen molar-refractivity contribution < 1.29 is 0 Å². The summed E-state index contributed by atoms with van der Waals surface area (Å²) in [6, 6.07) is 27.4. The number of nitrogens with zero attached hydrogens (tertiary/aromatic N) is 3. The first-order chi connectivity index (χ1) is 16.1. The van der Waals surface area contributed by atoms with Gasteiger partial charge in [0.2, 0.25) is 0 Å². The lowest BCUT2D eigenvalue weighted by molar-refractivity contribution is 1.10. The minimum absolute atomic E-state index is 0.757. The predicted octanol–water partition coefficient (Wildman–Crippen LogP) is 8.00. The van der Waals surface area contributed by atoms with Gasteiger partial charge < -0.3 is 5.32 Å². The van der Waals surface area contributed by atoms with E-state index in [0.717, 1.165) is 43.6 Å². The maximum Gasteiger partial charge on any atom is 0.142 e. The van der Waals surface area contributed by atoms with Gasteiger partial charge >= 0.3 is 0 Å². The van der Waals surface area contributed by atoms with E-state index in [1.165, 1.54) is 20.7 Å². The molecule has 160 valence electrons. The fourth-order valence-electron chi connectivity index (χ4n) is 3.86. The molecule has 3 heterocycles. The second kappa shape index (κ2) is 8.06. The summed E-state index contributed by atoms with van der Waals surface area (Å²) >= 11 is 3.42. The number of fused-ring (bicyclic) bond motifs is 2. The molecule has 0 amide bonds. The molecule has 0 saturated heterocycles. The summed E-state index contributed by atoms with van der Waals surface area (Å²) in [5.41, 5.74) is 5.60. The van der Waals surface area contributed by atoms with Crippen molar-refractivity contribution in [3.8, 4) is 21.0 Å². The SMILES string of the molecule is Cc1ccc2nc(-c3ccc(Nc4nc(C)nc5sc(-c6ccccc6)cc45)cc3)sc2c1. The number of thiazole rings is 1. The van der Waals surface area contributed by atoms with Crippen LogP contribution in [0.4, 0.5) is 11.5 Å². The first-order valence-electron chi connectivity index (χ1n) is 10.7. The number of hydrogen-bond donors (Lipinski definition) is 1. The molecule has 3 aromatic heterocycles. The van der Waals surface area contributed by atoms with Crippen molar-refractivity contribution in [2.75, 3.05) is 5.32 Å². The minimum atomic E-state index is 0.757. The molecule has 0 aliphatic rings. The third kappa shape index (κ3) is 3.88. The van der Waals surface area contributed by atoms with E-state index in [9.17, 15) is 0 Å². The zero-order chi connectivity index (χ0) is 22.4. The molecule has 6 aromatic rings. The molecule has 6 rings (SSSR count). The van der Waals surface area contributed by atoms with E-state index >= 15 is 0 Å². The second-order valence-corrected chi connectivity index (χ2v) is 10.1. The number of hydrogen-bond acceptors (Lipinski definition) is 6. The normalized spacial score (nSPS) is 11.3. The first kappa shape index (κ1) is 20.0. The largest absolute Gasteiger partial charge is 0.340 e. The molecule has 0 fully saturated rings. The van der Waals surface area contributed by atoms with Crippen LogP contribution in [0.1, 0.15) is 11.4 Å². The van der Waals surface area contributed by atoms with Gasteiger partial charge in [-0.15, -0.1) is 22.7 Å². The van der Waals surface area contributed by atoms with E-state index in [-0.39, 0.29) is 0 Å². The Labute approximate surface area is 199 Å². The van der Waals surface area contributed by atoms with E-state index in [4.69, 9.17) is 9.97 Å². The molecule has 0 aliphatic heterocycles. The predicted molar refractivity (Wildman–Crippen MR) is 141 cm³/mol. The Morgan fingerprint density at radius 2 is 1.55 bits per heavy atom. The van der Waals surface area contributed by atoms with Crippen LogP contribution in [0.5, 0.6) is 0 Å². The smallest absolute Gasteiger partial charge is 0.142 e. The third-order valence-corrected chi connectivity index (χ3v) is 7.65. The summed E-state index contributed by atoms with van der Waals surface area (Å²) in [5.74, 6) is 1.59. The van der Waals surface area contributed by atoms with Crippen LogP contribution in [-0.2, 0) is 0 Å². The fourth-order valence-corrected chi connectivity index (χ4v) is 6.01. The Kier molecular flexibility index (Phi) is 4.89. The highest BCUT2D eigenvalue weighted by molar-refractivity contribution is 7.22. The van der Waals surface area contributed by atoms with Crippen molar-refractivity contribution in [1.82, 2.24) is 15.0 Å². The zero-order valence-electron chi connectivity index (χ0n) is 18.2. The standard InChI is InChI=1S/C27H20N4S2/c1-16-8-13-22-24(14-16)33-26(31-22)19-9-11-20(12-10-19)30-25-21-15-23(18-6-4-3-5-7-18)32-27(21)29-17(2)28-25/h3-15H,1-2H3,(H,28,29,30). The van der Waals surface area contributed by atoms with Gasteiger partial charge in [0.05, 0.1) is 15.6 Å². The first-order valence-corrected chi connectivity index (χ1v) is 12.3. The molecule has 4 nitrogen and oxygen atoms in total. The molecular formula is C27H20N4S2. The third-order valence-electron chi connectivity index (χ3n) is 5.50. The molecule has 0 saturated carbocycles. The van der Waals surface area contributed by atoms with Gasteiger partial charge in [0.1, 0.15) is 21.5 Å². The summed E-state index contributed by atoms with van der Waals surface area (Å²) in [7, 11) is 0. The van der Waals surface area contributed by atoms with Gasteiger partial charge in [0, 0.05) is 16.1 Å². The summed E-state index contributed by atoms with van der Waals surface area (Å²) < 4.78 is 1.22. The highest BCUT2D eigenvalue weighted by atomic mass is 32.1. The van der Waals surface area contributed by atoms with Gasteiger partial charge in [0.25, 0.3) is 0 Å². The second-order valence-electron chi connectivity index (χ2n) is 8.01. The van der Waals surface area contributed by atoms with Crippen molar-refractivity contribution in [1.29, 1.82) is 0 Å². The topological polar surface area (TPSA) is 50.7 Å². The van der Waals surface area contributed by atoms with Crippen molar-refractivity contribution in [3.05, 3.63) is 90.3 Å². The number of benzene rings is 3. The Balaban J connectivity index is 1.32. The lowest BCUT2D eigenvalue weighted by atomic mass is 10.2. The number of thiophene rings is 1. The van der Waals surface area contributed by atoms with Gasteiger partial charge in [-0.2, -0.15) is 0 Å². The van der Waals surface area contributed by atoms with E-state index < -0.39 is 0 Å². The highest BCUT2D eigenvalue weighted by Gasteiger charge is 2.12. The van der Waals surface area contributed by atoms with Crippen LogP contribution in [0, 0.1) is 13.8 Å². The lowest BCUT2D eigenvalue weighted by Crippen LogP contribution is -1.97. The molecular weight excluding hydrogens is 444 g/mol. The maximum atomic E-state index is 4.80. The van der Waals surface area contributed by atoms with Crippen LogP contribution < -0.4 is 5.32 Å². The Morgan fingerprint density at radius 3 is 2.36 bits per heavy atom. The summed E-state index contributed by atoms with van der Waals surface area (Å²) in [5, 5.41) is 5.58. The maximum absolute atomic E-state index is 4.80. The van der Waals surface area contributed by atoms with E-state index in [2.05, 4.69) is 90.0 Å². The molecule has 0 bridgehead atoms. The van der Waals surface area contributed by atoms with Crippen LogP contribution in [0.2, 0.25) is 0 Å². The molecule has 3 aromatic carbocycles. The Morgan fingerprint density at radius 1 is 0.727 bits per heavy atom. The van der Waals surface area contributed by atoms with Crippen LogP contribution in [-0.4, -0.2) is 15.0 Å². The van der Waals surface area contributed by atoms with Gasteiger partial charge in [-0.3, -0.25) is 0 Å². The van der Waals surface area contributed by atoms with Crippen LogP contribution in [0.15, 0.2) is 78.9 Å². The van der Waals surface area contributed by atoms with Crippen molar-refractivity contribution in [2.45, 2.75) is 13.8 Å². The van der Waals surface area contributed by atoms with E-state index in [0.29, 0.717) is 0 Å². The van der Waals surface area contributed by atoms with Crippen LogP contribution >= 0.6 is 22.7 Å². The molecule has 0 atom stereocenters. The number of aryl methyl sites for hydroxylation is 2. The zero-order valence-corrected chi connectivity index (χ0v) is 19.8. The number of anilines is 2. The molecule has 6 heteroatoms. The van der Waals surface area contributed by atoms with Crippen molar-refractivity contribution in [2.24, 2.45) is 0 Å². The van der Waals surface area contributed by atoms with Crippen LogP contribution in [0.3, 0.4) is 0 Å². The fraction of sp³-hybridized carbons (Fsp3) is 0.0741. The molecule has 0 spiro atoms. The van der Waals surface area contributed by atoms with Gasteiger partial charge in [0.15, 0.2) is 0 Å². The van der Waals surface area contributed by atoms with Crippen LogP contribution in [0.25, 0.3) is 41.4 Å². The van der Waals surface area contributed by atoms with Crippen molar-refractivity contribution in [3.63, 3.8) is 0 Å². The summed E-state index contributed by atoms with van der Waals surface area (Å²) in [6.45, 7) is 4.05. The molecule has 0 aliphatic carbocycles. The van der Waals surface area contributed by atoms with Gasteiger partial charge in [-0.25, -0.2) is 15.0 Å². The lowest BCUT2D eigenvalue weighted by Gasteiger charge is -2.08. The molecule has 1 N–H and O–H groups in total. The average molecular weight is 465 g/mol. The van der Waals surface area contributed by atoms with Crippen molar-refractivity contribution >= 4 is 54.6 Å². The molecule has 33 heavy (non-hydrogen) atoms. The monoisotopic (exact) mass is 464 g/mol. The number of aromatic nitrogens is 3. The molecule has 0 radical (unpaired) electrons. The number of nitrogens with one attached hydrogen (secondary N) is 1. The van der Waals surface area contributed by atoms with Gasteiger partial charge in [-0.05, 0) is 67.4 Å². The number of rotatable bonds is 4. The van der Waals surface area contributed by atoms with E-state index in [1.54, 1.807) is 22.7 Å². The minimum Gasteiger partial charge on any atom is -0.340 e. The highest BCUT2D eigenvalue weighted by Crippen LogP contribution is 2.37. The quantitative estimate of drug-likeness (QED) is 0.287. The summed E-state index contributed by atoms with van der Waals surface area (Å²) in [6.07, 6.45) is 0. The summed E-state index contributed by atoms with van der Waals surface area (Å²) in [4.78, 5) is 16.3. The van der Waals surface area contributed by atoms with E-state index in [1.807, 2.05) is 13.0 Å². The molecule has 0 unspecified atom stereocenters.